The quantitative estimate of drug-likeness (QED) is 0.622. The number of halogens is 3. The van der Waals surface area contributed by atoms with E-state index in [1.165, 1.54) is 0 Å². The highest BCUT2D eigenvalue weighted by atomic mass is 19.4. The zero-order valence-corrected chi connectivity index (χ0v) is 11.7. The molecule has 0 saturated heterocycles. The third-order valence-electron chi connectivity index (χ3n) is 3.02. The van der Waals surface area contributed by atoms with E-state index in [-0.39, 0.29) is 13.0 Å². The van der Waals surface area contributed by atoms with Crippen molar-refractivity contribution < 1.29 is 28.0 Å². The molecule has 0 aliphatic rings. The number of carbonyl (C=O) groups excluding carboxylic acids is 1. The molecular formula is C13H15F3N2O4. The van der Waals surface area contributed by atoms with Gasteiger partial charge in [0.2, 0.25) is 0 Å². The van der Waals surface area contributed by atoms with E-state index >= 15 is 0 Å². The second-order valence-electron chi connectivity index (χ2n) is 4.61. The third kappa shape index (κ3) is 4.69. The first-order valence-corrected chi connectivity index (χ1v) is 6.47. The van der Waals surface area contributed by atoms with E-state index < -0.39 is 39.9 Å². The summed E-state index contributed by atoms with van der Waals surface area (Å²) in [6, 6.07) is 1.30. The molecule has 22 heavy (non-hydrogen) atoms. The summed E-state index contributed by atoms with van der Waals surface area (Å²) in [6.07, 6.45) is -4.09. The molecule has 0 aliphatic carbocycles. The number of non-ortho nitro benzene ring substituents is 1. The van der Waals surface area contributed by atoms with Crippen LogP contribution in [0.3, 0.4) is 0 Å². The molecule has 1 unspecified atom stereocenters. The van der Waals surface area contributed by atoms with Gasteiger partial charge in [-0.25, -0.2) is 0 Å². The number of aliphatic hydroxyl groups excluding tert-OH is 1. The molecule has 1 aromatic carbocycles. The van der Waals surface area contributed by atoms with E-state index in [0.717, 1.165) is 6.07 Å². The van der Waals surface area contributed by atoms with Gasteiger partial charge in [-0.2, -0.15) is 13.2 Å². The molecule has 1 atom stereocenters. The molecule has 2 N–H and O–H groups in total. The number of rotatable bonds is 6. The number of carbonyl (C=O) groups is 1. The van der Waals surface area contributed by atoms with Gasteiger partial charge in [0.05, 0.1) is 10.5 Å². The van der Waals surface area contributed by atoms with Crippen LogP contribution in [-0.2, 0) is 6.18 Å². The number of nitro benzene ring substituents is 1. The van der Waals surface area contributed by atoms with Gasteiger partial charge in [-0.1, -0.05) is 6.92 Å². The maximum absolute atomic E-state index is 12.7. The Morgan fingerprint density at radius 3 is 2.50 bits per heavy atom. The van der Waals surface area contributed by atoms with Gasteiger partial charge in [-0.3, -0.25) is 14.9 Å². The third-order valence-corrected chi connectivity index (χ3v) is 3.02. The van der Waals surface area contributed by atoms with Crippen LogP contribution in [0, 0.1) is 10.1 Å². The maximum Gasteiger partial charge on any atom is 0.416 e. The van der Waals surface area contributed by atoms with Gasteiger partial charge in [0.1, 0.15) is 0 Å². The van der Waals surface area contributed by atoms with Gasteiger partial charge < -0.3 is 10.4 Å². The number of nitro groups is 1. The molecule has 0 aliphatic heterocycles. The van der Waals surface area contributed by atoms with Crippen molar-refractivity contribution >= 4 is 11.6 Å². The highest BCUT2D eigenvalue weighted by molar-refractivity contribution is 5.95. The number of alkyl halides is 3. The van der Waals surface area contributed by atoms with Crippen LogP contribution in [-0.4, -0.2) is 28.6 Å². The van der Waals surface area contributed by atoms with Gasteiger partial charge in [-0.15, -0.1) is 0 Å². The Morgan fingerprint density at radius 1 is 1.41 bits per heavy atom. The highest BCUT2D eigenvalue weighted by Gasteiger charge is 2.33. The predicted octanol–water partition coefficient (Wildman–Crippen LogP) is 2.50. The molecule has 0 heterocycles. The molecular weight excluding hydrogens is 305 g/mol. The summed E-state index contributed by atoms with van der Waals surface area (Å²) in [5, 5.41) is 22.0. The lowest BCUT2D eigenvalue weighted by Gasteiger charge is -2.16. The molecule has 0 bridgehead atoms. The first kappa shape index (κ1) is 17.9. The molecule has 122 valence electrons. The summed E-state index contributed by atoms with van der Waals surface area (Å²) >= 11 is 0. The molecule has 6 nitrogen and oxygen atoms in total. The van der Waals surface area contributed by atoms with Crippen LogP contribution in [0.5, 0.6) is 0 Å². The second kappa shape index (κ2) is 7.21. The van der Waals surface area contributed by atoms with Crippen molar-refractivity contribution in [1.29, 1.82) is 0 Å². The Bertz CT molecular complexity index is 561. The van der Waals surface area contributed by atoms with Crippen LogP contribution in [0.25, 0.3) is 0 Å². The number of amides is 1. The van der Waals surface area contributed by atoms with E-state index in [0.29, 0.717) is 18.6 Å². The average Bonchev–Trinajstić information content (AvgIpc) is 2.45. The van der Waals surface area contributed by atoms with Crippen molar-refractivity contribution in [2.45, 2.75) is 32.0 Å². The van der Waals surface area contributed by atoms with Crippen LogP contribution in [0.1, 0.15) is 35.7 Å². The maximum atomic E-state index is 12.7. The van der Waals surface area contributed by atoms with Crippen molar-refractivity contribution in [1.82, 2.24) is 5.32 Å². The monoisotopic (exact) mass is 320 g/mol. The van der Waals surface area contributed by atoms with Gasteiger partial charge in [0, 0.05) is 30.3 Å². The Morgan fingerprint density at radius 2 is 2.05 bits per heavy atom. The largest absolute Gasteiger partial charge is 0.416 e. The smallest absolute Gasteiger partial charge is 0.396 e. The number of nitrogens with zero attached hydrogens (tertiary/aromatic N) is 1. The molecule has 0 radical (unpaired) electrons. The Kier molecular flexibility index (Phi) is 5.86. The lowest BCUT2D eigenvalue weighted by atomic mass is 10.1. The minimum atomic E-state index is -4.80. The van der Waals surface area contributed by atoms with Crippen LogP contribution < -0.4 is 5.32 Å². The van der Waals surface area contributed by atoms with Gasteiger partial charge in [0.25, 0.3) is 11.6 Å². The van der Waals surface area contributed by atoms with Crippen LogP contribution >= 0.6 is 0 Å². The number of benzene rings is 1. The molecule has 1 rings (SSSR count). The summed E-state index contributed by atoms with van der Waals surface area (Å²) in [5.41, 5.74) is -2.52. The lowest BCUT2D eigenvalue weighted by Crippen LogP contribution is -2.35. The Balaban J connectivity index is 3.14. The van der Waals surface area contributed by atoms with Crippen molar-refractivity contribution in [3.05, 3.63) is 39.4 Å². The molecule has 0 saturated carbocycles. The lowest BCUT2D eigenvalue weighted by molar-refractivity contribution is -0.385. The van der Waals surface area contributed by atoms with Crippen molar-refractivity contribution in [3.8, 4) is 0 Å². The number of hydrogen-bond acceptors (Lipinski definition) is 4. The zero-order valence-electron chi connectivity index (χ0n) is 11.7. The predicted molar refractivity (Wildman–Crippen MR) is 71.3 cm³/mol. The molecule has 0 aromatic heterocycles. The summed E-state index contributed by atoms with van der Waals surface area (Å²) < 4.78 is 38.2. The van der Waals surface area contributed by atoms with E-state index in [1.807, 2.05) is 0 Å². The summed E-state index contributed by atoms with van der Waals surface area (Å²) in [5.74, 6) is -0.852. The van der Waals surface area contributed by atoms with Crippen molar-refractivity contribution in [3.63, 3.8) is 0 Å². The normalized spacial score (nSPS) is 12.8. The molecule has 1 aromatic rings. The molecule has 9 heteroatoms. The molecule has 1 amide bonds. The number of hydrogen-bond donors (Lipinski definition) is 2. The fourth-order valence-corrected chi connectivity index (χ4v) is 1.81. The average molecular weight is 320 g/mol. The first-order valence-electron chi connectivity index (χ1n) is 6.47. The molecule has 0 spiro atoms. The van der Waals surface area contributed by atoms with Gasteiger partial charge >= 0.3 is 6.18 Å². The van der Waals surface area contributed by atoms with Crippen LogP contribution in [0.4, 0.5) is 18.9 Å². The fraction of sp³-hybridized carbons (Fsp3) is 0.462. The van der Waals surface area contributed by atoms with Crippen LogP contribution in [0.15, 0.2) is 18.2 Å². The zero-order chi connectivity index (χ0) is 16.9. The fourth-order valence-electron chi connectivity index (χ4n) is 1.81. The minimum absolute atomic E-state index is 0.193. The number of aliphatic hydroxyl groups is 1. The SMILES string of the molecule is CCC(CCO)NC(=O)c1cc([N+](=O)[O-])cc(C(F)(F)F)c1. The van der Waals surface area contributed by atoms with E-state index in [4.69, 9.17) is 5.11 Å². The summed E-state index contributed by atoms with van der Waals surface area (Å²) in [6.45, 7) is 1.54. The topological polar surface area (TPSA) is 92.5 Å². The second-order valence-corrected chi connectivity index (χ2v) is 4.61. The summed E-state index contributed by atoms with van der Waals surface area (Å²) in [4.78, 5) is 21.7. The Labute approximate surface area is 124 Å². The minimum Gasteiger partial charge on any atom is -0.396 e. The van der Waals surface area contributed by atoms with Crippen molar-refractivity contribution in [2.24, 2.45) is 0 Å². The van der Waals surface area contributed by atoms with E-state index in [9.17, 15) is 28.1 Å². The van der Waals surface area contributed by atoms with Crippen LogP contribution in [0.2, 0.25) is 0 Å². The highest BCUT2D eigenvalue weighted by Crippen LogP contribution is 2.32. The number of nitrogens with one attached hydrogen (secondary N) is 1. The summed E-state index contributed by atoms with van der Waals surface area (Å²) in [7, 11) is 0. The van der Waals surface area contributed by atoms with Gasteiger partial charge in [-0.05, 0) is 18.9 Å². The van der Waals surface area contributed by atoms with E-state index in [1.54, 1.807) is 6.92 Å². The van der Waals surface area contributed by atoms with Gasteiger partial charge in [0.15, 0.2) is 0 Å². The molecule has 0 fully saturated rings. The Hall–Kier alpha value is -2.16. The standard InChI is InChI=1S/C13H15F3N2O4/c1-2-10(3-4-19)17-12(20)8-5-9(13(14,15)16)7-11(6-8)18(21)22/h5-7,10,19H,2-4H2,1H3,(H,17,20). The van der Waals surface area contributed by atoms with E-state index in [2.05, 4.69) is 5.32 Å². The first-order chi connectivity index (χ1) is 10.2. The van der Waals surface area contributed by atoms with Crippen molar-refractivity contribution in [2.75, 3.05) is 6.61 Å².